The summed E-state index contributed by atoms with van der Waals surface area (Å²) in [5.74, 6) is 0.0192. The molecule has 1 heterocycles. The first-order valence-electron chi connectivity index (χ1n) is 8.43. The molecule has 0 spiro atoms. The zero-order chi connectivity index (χ0) is 20.0. The second kappa shape index (κ2) is 10.9. The van der Waals surface area contributed by atoms with Gasteiger partial charge in [0.2, 0.25) is 11.8 Å². The number of nitrogens with zero attached hydrogens (tertiary/aromatic N) is 2. The van der Waals surface area contributed by atoms with Gasteiger partial charge in [-0.05, 0) is 25.6 Å². The van der Waals surface area contributed by atoms with E-state index in [-0.39, 0.29) is 37.2 Å². The molecule has 2 rings (SSSR count). The third-order valence-electron chi connectivity index (χ3n) is 4.02. The highest BCUT2D eigenvalue weighted by atomic mass is 35.5. The number of anilines is 1. The fourth-order valence-electron chi connectivity index (χ4n) is 2.58. The van der Waals surface area contributed by atoms with Crippen molar-refractivity contribution in [1.82, 2.24) is 20.4 Å². The number of amides is 2. The van der Waals surface area contributed by atoms with Gasteiger partial charge in [-0.2, -0.15) is 5.10 Å². The van der Waals surface area contributed by atoms with Crippen molar-refractivity contribution in [2.24, 2.45) is 7.05 Å². The molecule has 3 N–H and O–H groups in total. The average Bonchev–Trinajstić information content (AvgIpc) is 3.04. The predicted molar refractivity (Wildman–Crippen MR) is 111 cm³/mol. The van der Waals surface area contributed by atoms with Gasteiger partial charge in [-0.3, -0.25) is 14.3 Å². The Kier molecular flexibility index (Phi) is 9.24. The minimum absolute atomic E-state index is 0. The number of nitrogens with one attached hydrogen (secondary N) is 3. The van der Waals surface area contributed by atoms with Gasteiger partial charge in [0.25, 0.3) is 0 Å². The minimum atomic E-state index is -0.527. The van der Waals surface area contributed by atoms with E-state index >= 15 is 0 Å². The lowest BCUT2D eigenvalue weighted by Gasteiger charge is -2.15. The molecule has 0 aliphatic carbocycles. The van der Waals surface area contributed by atoms with Crippen LogP contribution in [-0.4, -0.2) is 42.3 Å². The molecule has 8 nitrogen and oxygen atoms in total. The summed E-state index contributed by atoms with van der Waals surface area (Å²) in [6.07, 6.45) is 3.52. The Morgan fingerprint density at radius 3 is 2.64 bits per heavy atom. The molecule has 0 saturated heterocycles. The number of methoxy groups -OCH3 is 1. The molecule has 154 valence electrons. The average molecular weight is 430 g/mol. The summed E-state index contributed by atoms with van der Waals surface area (Å²) in [6.45, 7) is 2.05. The van der Waals surface area contributed by atoms with Gasteiger partial charge >= 0.3 is 0 Å². The number of hydrogen-bond donors (Lipinski definition) is 3. The number of benzene rings is 1. The Bertz CT molecular complexity index is 826. The van der Waals surface area contributed by atoms with Crippen molar-refractivity contribution in [2.75, 3.05) is 26.0 Å². The summed E-state index contributed by atoms with van der Waals surface area (Å²) in [5.41, 5.74) is 2.12. The van der Waals surface area contributed by atoms with Gasteiger partial charge in [0.05, 0.1) is 19.0 Å². The van der Waals surface area contributed by atoms with E-state index in [1.54, 1.807) is 43.3 Å². The number of aryl methyl sites for hydroxylation is 2. The lowest BCUT2D eigenvalue weighted by atomic mass is 10.1. The predicted octanol–water partition coefficient (Wildman–Crippen LogP) is 2.22. The van der Waals surface area contributed by atoms with Crippen LogP contribution in [0.15, 0.2) is 24.5 Å². The molecule has 1 unspecified atom stereocenters. The van der Waals surface area contributed by atoms with Crippen LogP contribution in [0.1, 0.15) is 23.6 Å². The third kappa shape index (κ3) is 6.12. The number of aromatic nitrogens is 2. The van der Waals surface area contributed by atoms with Crippen molar-refractivity contribution in [1.29, 1.82) is 0 Å². The largest absolute Gasteiger partial charge is 0.495 e. The molecular weight excluding hydrogens is 405 g/mol. The van der Waals surface area contributed by atoms with Crippen molar-refractivity contribution < 1.29 is 14.3 Å². The van der Waals surface area contributed by atoms with Crippen molar-refractivity contribution in [3.05, 3.63) is 40.7 Å². The van der Waals surface area contributed by atoms with Crippen molar-refractivity contribution in [3.8, 4) is 5.75 Å². The van der Waals surface area contributed by atoms with Crippen LogP contribution in [0.5, 0.6) is 5.75 Å². The van der Waals surface area contributed by atoms with E-state index in [9.17, 15) is 9.59 Å². The number of carbonyl (C=O) groups excluding carboxylic acids is 2. The smallest absolute Gasteiger partial charge is 0.241 e. The lowest BCUT2D eigenvalue weighted by Crippen LogP contribution is -2.37. The van der Waals surface area contributed by atoms with Crippen LogP contribution >= 0.6 is 24.0 Å². The van der Waals surface area contributed by atoms with E-state index in [0.717, 1.165) is 11.1 Å². The molecule has 1 aromatic carbocycles. The van der Waals surface area contributed by atoms with Crippen LogP contribution in [0.2, 0.25) is 5.02 Å². The van der Waals surface area contributed by atoms with Crippen molar-refractivity contribution >= 4 is 41.5 Å². The van der Waals surface area contributed by atoms with Crippen LogP contribution in [0.25, 0.3) is 0 Å². The van der Waals surface area contributed by atoms with Crippen LogP contribution in [0.3, 0.4) is 0 Å². The molecule has 0 aliphatic heterocycles. The maximum absolute atomic E-state index is 12.3. The SMILES string of the molecule is CNC(C(=O)NCCC(=O)Nc1cc(C)c(Cl)cc1OC)c1cnn(C)c1.Cl. The highest BCUT2D eigenvalue weighted by Crippen LogP contribution is 2.30. The topological polar surface area (TPSA) is 97.3 Å². The summed E-state index contributed by atoms with van der Waals surface area (Å²) >= 11 is 6.06. The normalized spacial score (nSPS) is 11.3. The molecule has 0 bridgehead atoms. The maximum Gasteiger partial charge on any atom is 0.241 e. The van der Waals surface area contributed by atoms with E-state index in [0.29, 0.717) is 16.5 Å². The first-order valence-corrected chi connectivity index (χ1v) is 8.81. The Balaban J connectivity index is 0.00000392. The van der Waals surface area contributed by atoms with Crippen LogP contribution in [0.4, 0.5) is 5.69 Å². The summed E-state index contributed by atoms with van der Waals surface area (Å²) in [4.78, 5) is 24.5. The number of ether oxygens (including phenoxy) is 1. The molecule has 0 saturated carbocycles. The van der Waals surface area contributed by atoms with E-state index in [1.165, 1.54) is 7.11 Å². The Labute approximate surface area is 175 Å². The molecular formula is C18H25Cl2N5O3. The van der Waals surface area contributed by atoms with E-state index < -0.39 is 6.04 Å². The zero-order valence-corrected chi connectivity index (χ0v) is 17.8. The van der Waals surface area contributed by atoms with Crippen LogP contribution in [-0.2, 0) is 16.6 Å². The van der Waals surface area contributed by atoms with Crippen LogP contribution < -0.4 is 20.7 Å². The first kappa shape index (κ1) is 23.7. The summed E-state index contributed by atoms with van der Waals surface area (Å²) in [6, 6.07) is 2.87. The van der Waals surface area contributed by atoms with Crippen LogP contribution in [0, 0.1) is 6.92 Å². The molecule has 2 amide bonds. The third-order valence-corrected chi connectivity index (χ3v) is 4.42. The van der Waals surface area contributed by atoms with Gasteiger partial charge in [-0.1, -0.05) is 11.6 Å². The number of hydrogen-bond acceptors (Lipinski definition) is 5. The summed E-state index contributed by atoms with van der Waals surface area (Å²) < 4.78 is 6.86. The molecule has 0 fully saturated rings. The lowest BCUT2D eigenvalue weighted by molar-refractivity contribution is -0.123. The standard InChI is InChI=1S/C18H24ClN5O3.ClH/c1-11-7-14(15(27-4)8-13(11)19)23-16(25)5-6-21-18(26)17(20-2)12-9-22-24(3)10-12;/h7-10,17,20H,5-6H2,1-4H3,(H,21,26)(H,23,25);1H. The quantitative estimate of drug-likeness (QED) is 0.597. The molecule has 1 atom stereocenters. The van der Waals surface area contributed by atoms with Gasteiger partial charge in [-0.15, -0.1) is 12.4 Å². The molecule has 0 radical (unpaired) electrons. The molecule has 28 heavy (non-hydrogen) atoms. The molecule has 2 aromatic rings. The van der Waals surface area contributed by atoms with E-state index in [2.05, 4.69) is 21.0 Å². The maximum atomic E-state index is 12.3. The minimum Gasteiger partial charge on any atom is -0.495 e. The fraction of sp³-hybridized carbons (Fsp3) is 0.389. The van der Waals surface area contributed by atoms with E-state index in [4.69, 9.17) is 16.3 Å². The fourth-order valence-corrected chi connectivity index (χ4v) is 2.74. The number of likely N-dealkylation sites (N-methyl/N-ethyl adjacent to an activating group) is 1. The summed E-state index contributed by atoms with van der Waals surface area (Å²) in [5, 5.41) is 13.1. The van der Waals surface area contributed by atoms with Gasteiger partial charge in [0.15, 0.2) is 0 Å². The number of halogens is 2. The molecule has 0 aliphatic rings. The highest BCUT2D eigenvalue weighted by molar-refractivity contribution is 6.31. The highest BCUT2D eigenvalue weighted by Gasteiger charge is 2.20. The van der Waals surface area contributed by atoms with Gasteiger partial charge < -0.3 is 20.7 Å². The second-order valence-electron chi connectivity index (χ2n) is 6.06. The molecule has 10 heteroatoms. The van der Waals surface area contributed by atoms with E-state index in [1.807, 2.05) is 6.92 Å². The van der Waals surface area contributed by atoms with Gasteiger partial charge in [0, 0.05) is 42.9 Å². The second-order valence-corrected chi connectivity index (χ2v) is 6.47. The Morgan fingerprint density at radius 2 is 2.07 bits per heavy atom. The Hall–Kier alpha value is -2.29. The Morgan fingerprint density at radius 1 is 1.36 bits per heavy atom. The number of carbonyl (C=O) groups is 2. The zero-order valence-electron chi connectivity index (χ0n) is 16.2. The first-order chi connectivity index (χ1) is 12.8. The van der Waals surface area contributed by atoms with Crippen molar-refractivity contribution in [2.45, 2.75) is 19.4 Å². The van der Waals surface area contributed by atoms with Gasteiger partial charge in [0.1, 0.15) is 11.8 Å². The van der Waals surface area contributed by atoms with Crippen molar-refractivity contribution in [3.63, 3.8) is 0 Å². The number of rotatable bonds is 8. The molecule has 1 aromatic heterocycles. The monoisotopic (exact) mass is 429 g/mol. The summed E-state index contributed by atoms with van der Waals surface area (Å²) in [7, 11) is 4.98. The van der Waals surface area contributed by atoms with Gasteiger partial charge in [-0.25, -0.2) is 0 Å².